The number of hydrogen-bond acceptors (Lipinski definition) is 2. The first-order valence-electron chi connectivity index (χ1n) is 7.59. The van der Waals surface area contributed by atoms with E-state index in [2.05, 4.69) is 62.4 Å². The topological polar surface area (TPSA) is 45.7 Å². The number of nitrogens with zero attached hydrogens (tertiary/aromatic N) is 1. The molecular formula is C17H24BrN3O. The highest BCUT2D eigenvalue weighted by Gasteiger charge is 2.34. The van der Waals surface area contributed by atoms with Crippen molar-refractivity contribution < 1.29 is 4.74 Å². The van der Waals surface area contributed by atoms with Crippen LogP contribution in [0.1, 0.15) is 18.4 Å². The number of aliphatic imine (C=N–C) groups is 1. The number of halogens is 1. The van der Waals surface area contributed by atoms with Crippen molar-refractivity contribution in [3.05, 3.63) is 47.0 Å². The van der Waals surface area contributed by atoms with Crippen LogP contribution in [0.15, 0.2) is 46.4 Å². The van der Waals surface area contributed by atoms with Gasteiger partial charge < -0.3 is 15.4 Å². The quantitative estimate of drug-likeness (QED) is 0.479. The molecule has 5 heteroatoms. The van der Waals surface area contributed by atoms with Gasteiger partial charge in [-0.3, -0.25) is 4.99 Å². The Kier molecular flexibility index (Phi) is 6.46. The van der Waals surface area contributed by atoms with Crippen LogP contribution in [0.5, 0.6) is 0 Å². The summed E-state index contributed by atoms with van der Waals surface area (Å²) in [6.07, 6.45) is 3.85. The van der Waals surface area contributed by atoms with Crippen molar-refractivity contribution in [2.75, 3.05) is 33.4 Å². The number of rotatable bonds is 5. The van der Waals surface area contributed by atoms with Crippen LogP contribution in [0.4, 0.5) is 0 Å². The molecule has 0 unspecified atom stereocenters. The molecule has 1 aliphatic rings. The second kappa shape index (κ2) is 8.34. The number of benzene rings is 1. The molecule has 0 radical (unpaired) electrons. The third-order valence-electron chi connectivity index (χ3n) is 4.14. The Morgan fingerprint density at radius 3 is 2.59 bits per heavy atom. The maximum atomic E-state index is 5.57. The Morgan fingerprint density at radius 2 is 2.00 bits per heavy atom. The Morgan fingerprint density at radius 1 is 1.32 bits per heavy atom. The van der Waals surface area contributed by atoms with Gasteiger partial charge in [-0.05, 0) is 30.5 Å². The largest absolute Gasteiger partial charge is 0.381 e. The summed E-state index contributed by atoms with van der Waals surface area (Å²) in [4.78, 5) is 4.26. The summed E-state index contributed by atoms with van der Waals surface area (Å²) < 4.78 is 6.68. The van der Waals surface area contributed by atoms with Crippen LogP contribution in [0.2, 0.25) is 0 Å². The van der Waals surface area contributed by atoms with E-state index in [-0.39, 0.29) is 5.41 Å². The van der Waals surface area contributed by atoms with E-state index in [1.807, 2.05) is 6.08 Å². The van der Waals surface area contributed by atoms with Crippen molar-refractivity contribution in [2.45, 2.75) is 18.3 Å². The second-order valence-corrected chi connectivity index (χ2v) is 6.41. The normalized spacial score (nSPS) is 17.8. The number of guanidine groups is 1. The average molecular weight is 366 g/mol. The fourth-order valence-electron chi connectivity index (χ4n) is 2.78. The Labute approximate surface area is 141 Å². The molecule has 1 aromatic rings. The van der Waals surface area contributed by atoms with E-state index in [0.717, 1.165) is 43.0 Å². The van der Waals surface area contributed by atoms with Gasteiger partial charge in [-0.2, -0.15) is 0 Å². The van der Waals surface area contributed by atoms with Gasteiger partial charge in [-0.25, -0.2) is 0 Å². The maximum absolute atomic E-state index is 5.57. The molecule has 0 spiro atoms. The van der Waals surface area contributed by atoms with Gasteiger partial charge in [-0.1, -0.05) is 34.1 Å². The number of nitrogens with one attached hydrogen (secondary N) is 2. The second-order valence-electron chi connectivity index (χ2n) is 5.49. The highest BCUT2D eigenvalue weighted by molar-refractivity contribution is 9.10. The summed E-state index contributed by atoms with van der Waals surface area (Å²) in [5, 5.41) is 6.67. The van der Waals surface area contributed by atoms with Crippen molar-refractivity contribution in [3.63, 3.8) is 0 Å². The van der Waals surface area contributed by atoms with Crippen molar-refractivity contribution >= 4 is 21.9 Å². The van der Waals surface area contributed by atoms with E-state index in [4.69, 9.17) is 4.74 Å². The Balaban J connectivity index is 2.12. The molecule has 0 aliphatic carbocycles. The Hall–Kier alpha value is -1.33. The molecule has 1 fully saturated rings. The summed E-state index contributed by atoms with van der Waals surface area (Å²) in [7, 11) is 1.79. The lowest BCUT2D eigenvalue weighted by Gasteiger charge is -2.38. The molecule has 22 heavy (non-hydrogen) atoms. The molecule has 1 heterocycles. The van der Waals surface area contributed by atoms with Gasteiger partial charge in [0, 0.05) is 43.2 Å². The predicted octanol–water partition coefficient (Wildman–Crippen LogP) is 2.85. The minimum absolute atomic E-state index is 0.0880. The molecule has 2 rings (SSSR count). The fraction of sp³-hybridized carbons (Fsp3) is 0.471. The van der Waals surface area contributed by atoms with E-state index in [1.165, 1.54) is 5.56 Å². The van der Waals surface area contributed by atoms with Gasteiger partial charge in [0.25, 0.3) is 0 Å². The van der Waals surface area contributed by atoms with E-state index >= 15 is 0 Å². The molecule has 2 N–H and O–H groups in total. The third-order valence-corrected chi connectivity index (χ3v) is 4.67. The van der Waals surface area contributed by atoms with Gasteiger partial charge in [0.15, 0.2) is 5.96 Å². The van der Waals surface area contributed by atoms with Crippen molar-refractivity contribution in [1.82, 2.24) is 10.6 Å². The zero-order valence-electron chi connectivity index (χ0n) is 13.1. The van der Waals surface area contributed by atoms with Gasteiger partial charge in [0.1, 0.15) is 0 Å². The molecule has 1 aromatic carbocycles. The van der Waals surface area contributed by atoms with E-state index in [9.17, 15) is 0 Å². The minimum Gasteiger partial charge on any atom is -0.381 e. The molecule has 0 aromatic heterocycles. The maximum Gasteiger partial charge on any atom is 0.191 e. The molecule has 0 atom stereocenters. The predicted molar refractivity (Wildman–Crippen MR) is 95.4 cm³/mol. The summed E-state index contributed by atoms with van der Waals surface area (Å²) in [5.41, 5.74) is 1.44. The molecule has 4 nitrogen and oxygen atoms in total. The van der Waals surface area contributed by atoms with Gasteiger partial charge in [0.2, 0.25) is 0 Å². The van der Waals surface area contributed by atoms with Gasteiger partial charge in [0.05, 0.1) is 0 Å². The minimum atomic E-state index is 0.0880. The first kappa shape index (κ1) is 17.0. The lowest BCUT2D eigenvalue weighted by atomic mass is 9.74. The summed E-state index contributed by atoms with van der Waals surface area (Å²) in [5.74, 6) is 0.808. The van der Waals surface area contributed by atoms with E-state index in [0.29, 0.717) is 6.54 Å². The average Bonchev–Trinajstić information content (AvgIpc) is 2.56. The van der Waals surface area contributed by atoms with Gasteiger partial charge in [-0.15, -0.1) is 6.58 Å². The lowest BCUT2D eigenvalue weighted by Crippen LogP contribution is -2.48. The molecule has 0 bridgehead atoms. The standard InChI is InChI=1S/C17H24BrN3O/c1-3-10-20-16(19-2)21-13-17(8-11-22-12-9-17)14-4-6-15(18)7-5-14/h3-7H,1,8-13H2,2H3,(H2,19,20,21). The SMILES string of the molecule is C=CCNC(=NC)NCC1(c2ccc(Br)cc2)CCOCC1. The van der Waals surface area contributed by atoms with Crippen molar-refractivity contribution in [1.29, 1.82) is 0 Å². The van der Waals surface area contributed by atoms with Crippen LogP contribution in [-0.4, -0.2) is 39.3 Å². The summed E-state index contributed by atoms with van der Waals surface area (Å²) in [6, 6.07) is 8.63. The van der Waals surface area contributed by atoms with Crippen molar-refractivity contribution in [3.8, 4) is 0 Å². The van der Waals surface area contributed by atoms with Crippen LogP contribution < -0.4 is 10.6 Å². The Bertz CT molecular complexity index is 507. The van der Waals surface area contributed by atoms with E-state index < -0.39 is 0 Å². The molecular weight excluding hydrogens is 342 g/mol. The molecule has 1 aliphatic heterocycles. The smallest absolute Gasteiger partial charge is 0.191 e. The zero-order valence-corrected chi connectivity index (χ0v) is 14.7. The lowest BCUT2D eigenvalue weighted by molar-refractivity contribution is 0.0514. The first-order chi connectivity index (χ1) is 10.7. The van der Waals surface area contributed by atoms with Crippen LogP contribution in [0, 0.1) is 0 Å². The highest BCUT2D eigenvalue weighted by Crippen LogP contribution is 2.34. The fourth-order valence-corrected chi connectivity index (χ4v) is 3.04. The molecule has 120 valence electrons. The third kappa shape index (κ3) is 4.34. The number of ether oxygens (including phenoxy) is 1. The molecule has 0 saturated carbocycles. The summed E-state index contributed by atoms with van der Waals surface area (Å²) in [6.45, 7) is 6.87. The van der Waals surface area contributed by atoms with Crippen LogP contribution in [0.3, 0.4) is 0 Å². The first-order valence-corrected chi connectivity index (χ1v) is 8.39. The molecule has 1 saturated heterocycles. The van der Waals surface area contributed by atoms with Gasteiger partial charge >= 0.3 is 0 Å². The van der Waals surface area contributed by atoms with E-state index in [1.54, 1.807) is 7.05 Å². The van der Waals surface area contributed by atoms with Crippen LogP contribution >= 0.6 is 15.9 Å². The van der Waals surface area contributed by atoms with Crippen molar-refractivity contribution in [2.24, 2.45) is 4.99 Å². The summed E-state index contributed by atoms with van der Waals surface area (Å²) >= 11 is 3.51. The number of hydrogen-bond donors (Lipinski definition) is 2. The zero-order chi connectivity index (χ0) is 15.8. The molecule has 0 amide bonds. The monoisotopic (exact) mass is 365 g/mol. The van der Waals surface area contributed by atoms with Crippen LogP contribution in [-0.2, 0) is 10.2 Å². The van der Waals surface area contributed by atoms with Crippen LogP contribution in [0.25, 0.3) is 0 Å². The highest BCUT2D eigenvalue weighted by atomic mass is 79.9.